The molecule has 0 saturated carbocycles. The summed E-state index contributed by atoms with van der Waals surface area (Å²) < 4.78 is 34.2. The van der Waals surface area contributed by atoms with Gasteiger partial charge >= 0.3 is 0 Å². The molecule has 0 N–H and O–H groups in total. The first-order chi connectivity index (χ1) is 14.6. The number of nitriles is 1. The Morgan fingerprint density at radius 2 is 1.65 bits per heavy atom. The molecule has 7 nitrogen and oxygen atoms in total. The third-order valence-corrected chi connectivity index (χ3v) is 7.08. The number of hydrogen-bond acceptors (Lipinski definition) is 5. The highest BCUT2D eigenvalue weighted by molar-refractivity contribution is 7.89. The summed E-state index contributed by atoms with van der Waals surface area (Å²) in [5.74, 6) is 0.589. The summed E-state index contributed by atoms with van der Waals surface area (Å²) in [5, 5.41) is 9.30. The van der Waals surface area contributed by atoms with E-state index in [4.69, 9.17) is 4.74 Å². The second-order valence-corrected chi connectivity index (χ2v) is 9.99. The first kappa shape index (κ1) is 22.8. The van der Waals surface area contributed by atoms with Crippen molar-refractivity contribution < 1.29 is 17.9 Å². The monoisotopic (exact) mass is 441 g/mol. The Balaban J connectivity index is 1.91. The summed E-state index contributed by atoms with van der Waals surface area (Å²) in [6.07, 6.45) is 0. The van der Waals surface area contributed by atoms with Crippen molar-refractivity contribution in [1.82, 2.24) is 9.21 Å². The number of nitrogens with zero attached hydrogens (tertiary/aromatic N) is 3. The number of hydrogen-bond donors (Lipinski definition) is 0. The zero-order chi connectivity index (χ0) is 22.8. The predicted octanol–water partition coefficient (Wildman–Crippen LogP) is 3.46. The predicted molar refractivity (Wildman–Crippen MR) is 117 cm³/mol. The van der Waals surface area contributed by atoms with Crippen molar-refractivity contribution in [1.29, 1.82) is 5.26 Å². The van der Waals surface area contributed by atoms with E-state index in [1.807, 2.05) is 52.0 Å². The van der Waals surface area contributed by atoms with Crippen LogP contribution in [0.15, 0.2) is 41.3 Å². The van der Waals surface area contributed by atoms with Crippen LogP contribution in [0.25, 0.3) is 0 Å². The van der Waals surface area contributed by atoms with Crippen LogP contribution in [0.3, 0.4) is 0 Å². The Hall–Kier alpha value is -2.89. The van der Waals surface area contributed by atoms with Crippen LogP contribution in [0.4, 0.5) is 0 Å². The Morgan fingerprint density at radius 3 is 2.19 bits per heavy atom. The zero-order valence-corrected chi connectivity index (χ0v) is 19.1. The molecule has 2 aromatic carbocycles. The van der Waals surface area contributed by atoms with Gasteiger partial charge in [-0.25, -0.2) is 8.42 Å². The van der Waals surface area contributed by atoms with Crippen LogP contribution in [0.5, 0.6) is 11.5 Å². The fourth-order valence-corrected chi connectivity index (χ4v) is 5.20. The average Bonchev–Trinajstić information content (AvgIpc) is 2.72. The fourth-order valence-electron chi connectivity index (χ4n) is 3.64. The van der Waals surface area contributed by atoms with E-state index in [1.54, 1.807) is 4.90 Å². The first-order valence-electron chi connectivity index (χ1n) is 10.2. The highest BCUT2D eigenvalue weighted by Gasteiger charge is 2.33. The molecule has 1 fully saturated rings. The lowest BCUT2D eigenvalue weighted by Crippen LogP contribution is -2.51. The highest BCUT2D eigenvalue weighted by atomic mass is 32.2. The van der Waals surface area contributed by atoms with Crippen molar-refractivity contribution in [3.63, 3.8) is 0 Å². The summed E-state index contributed by atoms with van der Waals surface area (Å²) in [5.41, 5.74) is 2.23. The van der Waals surface area contributed by atoms with Gasteiger partial charge in [0.1, 0.15) is 16.4 Å². The number of piperazine rings is 1. The summed E-state index contributed by atoms with van der Waals surface area (Å²) in [6, 6.07) is 12.1. The molecule has 164 valence electrons. The first-order valence-corrected chi connectivity index (χ1v) is 11.6. The molecule has 0 aliphatic carbocycles. The van der Waals surface area contributed by atoms with Crippen molar-refractivity contribution >= 4 is 15.9 Å². The Kier molecular flexibility index (Phi) is 6.68. The van der Waals surface area contributed by atoms with Crippen LogP contribution >= 0.6 is 0 Å². The lowest BCUT2D eigenvalue weighted by Gasteiger charge is -2.35. The minimum Gasteiger partial charge on any atom is -0.456 e. The van der Waals surface area contributed by atoms with Crippen molar-refractivity contribution in [2.45, 2.75) is 32.6 Å². The summed E-state index contributed by atoms with van der Waals surface area (Å²) in [6.45, 7) is 8.59. The molecular weight excluding hydrogens is 414 g/mol. The summed E-state index contributed by atoms with van der Waals surface area (Å²) in [4.78, 5) is 13.9. The van der Waals surface area contributed by atoms with Crippen molar-refractivity contribution in [2.24, 2.45) is 5.92 Å². The molecule has 0 unspecified atom stereocenters. The van der Waals surface area contributed by atoms with Crippen molar-refractivity contribution in [2.75, 3.05) is 26.2 Å². The van der Waals surface area contributed by atoms with Crippen LogP contribution in [-0.4, -0.2) is 49.7 Å². The average molecular weight is 442 g/mol. The standard InChI is InChI=1S/C23H27N3O4S/c1-16(2)23(27)25-7-9-26(10-8-25)31(28,29)22-14-19(15-24)5-6-21(22)30-20-12-17(3)11-18(4)13-20/h5-6,11-14,16H,7-10H2,1-4H3. The molecule has 3 rings (SSSR count). The molecule has 31 heavy (non-hydrogen) atoms. The number of aryl methyl sites for hydroxylation is 2. The fraction of sp³-hybridized carbons (Fsp3) is 0.391. The number of rotatable bonds is 5. The quantitative estimate of drug-likeness (QED) is 0.709. The number of ether oxygens (including phenoxy) is 1. The van der Waals surface area contributed by atoms with Gasteiger partial charge in [0.2, 0.25) is 15.9 Å². The number of amides is 1. The van der Waals surface area contributed by atoms with Crippen molar-refractivity contribution in [3.8, 4) is 17.6 Å². The number of carbonyl (C=O) groups excluding carboxylic acids is 1. The largest absolute Gasteiger partial charge is 0.456 e. The van der Waals surface area contributed by atoms with E-state index in [1.165, 1.54) is 22.5 Å². The molecule has 1 aliphatic heterocycles. The molecule has 0 radical (unpaired) electrons. The minimum absolute atomic E-state index is 0.0161. The third kappa shape index (κ3) is 5.06. The van der Waals surface area contributed by atoms with Gasteiger partial charge < -0.3 is 9.64 Å². The zero-order valence-electron chi connectivity index (χ0n) is 18.3. The topological polar surface area (TPSA) is 90.7 Å². The third-order valence-electron chi connectivity index (χ3n) is 5.16. The van der Waals surface area contributed by atoms with Gasteiger partial charge in [-0.1, -0.05) is 19.9 Å². The van der Waals surface area contributed by atoms with E-state index in [-0.39, 0.29) is 41.1 Å². The summed E-state index contributed by atoms with van der Waals surface area (Å²) >= 11 is 0. The summed E-state index contributed by atoms with van der Waals surface area (Å²) in [7, 11) is -3.92. The minimum atomic E-state index is -3.92. The van der Waals surface area contributed by atoms with E-state index in [2.05, 4.69) is 0 Å². The van der Waals surface area contributed by atoms with Gasteiger partial charge in [0.25, 0.3) is 0 Å². The van der Waals surface area contributed by atoms with Gasteiger partial charge in [-0.05, 0) is 55.3 Å². The molecule has 1 amide bonds. The molecule has 2 aromatic rings. The van der Waals surface area contributed by atoms with E-state index >= 15 is 0 Å². The van der Waals surface area contributed by atoms with Gasteiger partial charge in [-0.2, -0.15) is 9.57 Å². The Bertz CT molecular complexity index is 1110. The highest BCUT2D eigenvalue weighted by Crippen LogP contribution is 2.33. The van der Waals surface area contributed by atoms with E-state index < -0.39 is 10.0 Å². The van der Waals surface area contributed by atoms with Gasteiger partial charge in [0.05, 0.1) is 11.6 Å². The van der Waals surface area contributed by atoms with Crippen molar-refractivity contribution in [3.05, 3.63) is 53.1 Å². The Morgan fingerprint density at radius 1 is 1.03 bits per heavy atom. The normalized spacial score (nSPS) is 15.0. The van der Waals surface area contributed by atoms with Crippen LogP contribution in [0, 0.1) is 31.1 Å². The molecule has 0 spiro atoms. The molecule has 1 saturated heterocycles. The maximum Gasteiger partial charge on any atom is 0.246 e. The number of benzene rings is 2. The van der Waals surface area contributed by atoms with Gasteiger partial charge in [-0.3, -0.25) is 4.79 Å². The maximum absolute atomic E-state index is 13.4. The molecule has 1 aliphatic rings. The van der Waals surface area contributed by atoms with Crippen LogP contribution in [0.1, 0.15) is 30.5 Å². The molecule has 1 heterocycles. The second kappa shape index (κ2) is 9.08. The van der Waals surface area contributed by atoms with E-state index in [9.17, 15) is 18.5 Å². The smallest absolute Gasteiger partial charge is 0.246 e. The lowest BCUT2D eigenvalue weighted by molar-refractivity contribution is -0.135. The van der Waals surface area contributed by atoms with E-state index in [0.717, 1.165) is 11.1 Å². The molecule has 0 atom stereocenters. The van der Waals surface area contributed by atoms with E-state index in [0.29, 0.717) is 18.8 Å². The molecule has 8 heteroatoms. The number of sulfonamides is 1. The molecular formula is C23H27N3O4S. The SMILES string of the molecule is Cc1cc(C)cc(Oc2ccc(C#N)cc2S(=O)(=O)N2CCN(C(=O)C(C)C)CC2)c1. The van der Waals surface area contributed by atoms with Crippen LogP contribution in [0.2, 0.25) is 0 Å². The Labute approximate surface area is 183 Å². The molecule has 0 aromatic heterocycles. The van der Waals surface area contributed by atoms with Gasteiger partial charge in [0.15, 0.2) is 0 Å². The lowest BCUT2D eigenvalue weighted by atomic mass is 10.1. The maximum atomic E-state index is 13.4. The van der Waals surface area contributed by atoms with Gasteiger partial charge in [-0.15, -0.1) is 0 Å². The van der Waals surface area contributed by atoms with Crippen LogP contribution in [-0.2, 0) is 14.8 Å². The van der Waals surface area contributed by atoms with Gasteiger partial charge in [0, 0.05) is 32.1 Å². The second-order valence-electron chi connectivity index (χ2n) is 8.08. The molecule has 0 bridgehead atoms. The van der Waals surface area contributed by atoms with Crippen LogP contribution < -0.4 is 4.74 Å². The number of carbonyl (C=O) groups is 1.